The van der Waals surface area contributed by atoms with Gasteiger partial charge < -0.3 is 19.5 Å². The Morgan fingerprint density at radius 3 is 2.90 bits per heavy atom. The summed E-state index contributed by atoms with van der Waals surface area (Å²) in [6.45, 7) is 1.96. The maximum absolute atomic E-state index is 11.9. The van der Waals surface area contributed by atoms with Crippen LogP contribution in [0.3, 0.4) is 0 Å². The van der Waals surface area contributed by atoms with Gasteiger partial charge in [0.05, 0.1) is 0 Å². The number of hydrogen-bond acceptors (Lipinski definition) is 8. The third-order valence-electron chi connectivity index (χ3n) is 2.84. The molecular weight excluding hydrogens is 314 g/mol. The van der Waals surface area contributed by atoms with E-state index in [2.05, 4.69) is 11.4 Å². The van der Waals surface area contributed by atoms with Crippen molar-refractivity contribution in [3.63, 3.8) is 0 Å². The Morgan fingerprint density at radius 1 is 1.48 bits per heavy atom. The first-order valence-corrected chi connectivity index (χ1v) is 8.83. The average molecular weight is 331 g/mol. The van der Waals surface area contributed by atoms with Crippen molar-refractivity contribution in [2.45, 2.75) is 12.3 Å². The van der Waals surface area contributed by atoms with Crippen molar-refractivity contribution < 1.29 is 23.8 Å². The molecule has 1 unspecified atom stereocenters. The molecule has 0 saturated carbocycles. The molecular formula is C13H17NO5S2. The van der Waals surface area contributed by atoms with Gasteiger partial charge >= 0.3 is 12.1 Å². The standard InChI is InChI=1S/C13H17NO5S2/c1-13(8-18-12(16)19-9-13)11(15)17-6-7-20-21-10-4-2-3-5-14-10/h2-5,10,14H,6-9H2,1H3. The van der Waals surface area contributed by atoms with Crippen LogP contribution < -0.4 is 5.32 Å². The minimum absolute atomic E-state index is 0.00428. The number of dihydropyridines is 1. The molecule has 0 aromatic carbocycles. The van der Waals surface area contributed by atoms with E-state index >= 15 is 0 Å². The highest BCUT2D eigenvalue weighted by atomic mass is 33.1. The van der Waals surface area contributed by atoms with E-state index in [0.717, 1.165) is 0 Å². The zero-order valence-corrected chi connectivity index (χ0v) is 13.2. The molecule has 2 rings (SSSR count). The number of cyclic esters (lactones) is 2. The second-order valence-corrected chi connectivity index (χ2v) is 7.40. The molecule has 1 fully saturated rings. The molecule has 1 N–H and O–H groups in total. The third-order valence-corrected chi connectivity index (χ3v) is 5.34. The number of carbonyl (C=O) groups is 2. The van der Waals surface area contributed by atoms with Crippen LogP contribution in [0.15, 0.2) is 24.4 Å². The number of rotatable bonds is 6. The molecule has 8 heteroatoms. The van der Waals surface area contributed by atoms with Crippen LogP contribution in [-0.2, 0) is 19.0 Å². The molecule has 2 aliphatic rings. The second kappa shape index (κ2) is 7.65. The summed E-state index contributed by atoms with van der Waals surface area (Å²) >= 11 is 0. The highest BCUT2D eigenvalue weighted by Crippen LogP contribution is 2.28. The van der Waals surface area contributed by atoms with Crippen molar-refractivity contribution in [1.29, 1.82) is 0 Å². The molecule has 2 heterocycles. The van der Waals surface area contributed by atoms with Crippen LogP contribution in [0.4, 0.5) is 4.79 Å². The van der Waals surface area contributed by atoms with Crippen LogP contribution in [0.5, 0.6) is 0 Å². The lowest BCUT2D eigenvalue weighted by atomic mass is 9.93. The maximum atomic E-state index is 11.9. The molecule has 0 aliphatic carbocycles. The Bertz CT molecular complexity index is 442. The lowest BCUT2D eigenvalue weighted by Gasteiger charge is -2.29. The Balaban J connectivity index is 1.59. The molecule has 0 radical (unpaired) electrons. The first kappa shape index (κ1) is 16.1. The van der Waals surface area contributed by atoms with Crippen LogP contribution in [0, 0.1) is 5.41 Å². The summed E-state index contributed by atoms with van der Waals surface area (Å²) in [5, 5.41) is 3.42. The van der Waals surface area contributed by atoms with E-state index in [1.165, 1.54) is 0 Å². The zero-order chi connectivity index (χ0) is 15.1. The number of hydrogen-bond donors (Lipinski definition) is 1. The third kappa shape index (κ3) is 4.89. The molecule has 0 aromatic rings. The van der Waals surface area contributed by atoms with Gasteiger partial charge in [0.15, 0.2) is 0 Å². The smallest absolute Gasteiger partial charge is 0.464 e. The fourth-order valence-electron chi connectivity index (χ4n) is 1.59. The molecule has 0 aromatic heterocycles. The summed E-state index contributed by atoms with van der Waals surface area (Å²) in [5.41, 5.74) is -0.913. The first-order chi connectivity index (χ1) is 10.1. The fraction of sp³-hybridized carbons (Fsp3) is 0.538. The van der Waals surface area contributed by atoms with Crippen molar-refractivity contribution >= 4 is 33.7 Å². The van der Waals surface area contributed by atoms with E-state index in [4.69, 9.17) is 14.2 Å². The number of nitrogens with one attached hydrogen (secondary N) is 1. The Labute approximate surface area is 131 Å². The predicted octanol–water partition coefficient (Wildman–Crippen LogP) is 2.08. The minimum atomic E-state index is -0.913. The van der Waals surface area contributed by atoms with Crippen molar-refractivity contribution in [3.8, 4) is 0 Å². The Morgan fingerprint density at radius 2 is 2.24 bits per heavy atom. The van der Waals surface area contributed by atoms with E-state index in [-0.39, 0.29) is 18.6 Å². The van der Waals surface area contributed by atoms with Crippen molar-refractivity contribution in [2.75, 3.05) is 25.6 Å². The van der Waals surface area contributed by atoms with Gasteiger partial charge in [0.1, 0.15) is 30.6 Å². The lowest BCUT2D eigenvalue weighted by molar-refractivity contribution is -0.165. The predicted molar refractivity (Wildman–Crippen MR) is 81.6 cm³/mol. The molecule has 0 amide bonds. The topological polar surface area (TPSA) is 73.9 Å². The van der Waals surface area contributed by atoms with Gasteiger partial charge in [0, 0.05) is 5.75 Å². The Hall–Kier alpha value is -1.28. The van der Waals surface area contributed by atoms with E-state index in [1.807, 2.05) is 18.4 Å². The van der Waals surface area contributed by atoms with Crippen molar-refractivity contribution in [1.82, 2.24) is 5.32 Å². The van der Waals surface area contributed by atoms with Crippen LogP contribution in [0.25, 0.3) is 0 Å². The van der Waals surface area contributed by atoms with Crippen molar-refractivity contribution in [3.05, 3.63) is 24.4 Å². The van der Waals surface area contributed by atoms with Crippen LogP contribution >= 0.6 is 21.6 Å². The summed E-state index contributed by atoms with van der Waals surface area (Å²) in [4.78, 5) is 22.8. The van der Waals surface area contributed by atoms with Gasteiger partial charge in [-0.15, -0.1) is 0 Å². The fourth-order valence-corrected chi connectivity index (χ4v) is 3.56. The van der Waals surface area contributed by atoms with Gasteiger partial charge in [-0.25, -0.2) is 4.79 Å². The van der Waals surface area contributed by atoms with Gasteiger partial charge in [-0.3, -0.25) is 4.79 Å². The van der Waals surface area contributed by atoms with Crippen LogP contribution in [0.1, 0.15) is 6.92 Å². The number of esters is 1. The Kier molecular flexibility index (Phi) is 5.86. The van der Waals surface area contributed by atoms with Gasteiger partial charge in [0.25, 0.3) is 0 Å². The van der Waals surface area contributed by atoms with E-state index in [1.54, 1.807) is 28.5 Å². The molecule has 2 aliphatic heterocycles. The zero-order valence-electron chi connectivity index (χ0n) is 11.6. The minimum Gasteiger partial charge on any atom is -0.464 e. The quantitative estimate of drug-likeness (QED) is 0.450. The van der Waals surface area contributed by atoms with Crippen molar-refractivity contribution in [2.24, 2.45) is 5.41 Å². The summed E-state index contributed by atoms with van der Waals surface area (Å²) in [5.74, 6) is 0.280. The summed E-state index contributed by atoms with van der Waals surface area (Å²) in [6, 6.07) is 0. The number of allylic oxidation sites excluding steroid dienone is 2. The van der Waals surface area contributed by atoms with Gasteiger partial charge in [-0.2, -0.15) is 0 Å². The molecule has 21 heavy (non-hydrogen) atoms. The highest BCUT2D eigenvalue weighted by molar-refractivity contribution is 8.77. The number of ether oxygens (including phenoxy) is 3. The van der Waals surface area contributed by atoms with Gasteiger partial charge in [-0.05, 0) is 19.2 Å². The van der Waals surface area contributed by atoms with Gasteiger partial charge in [0.2, 0.25) is 0 Å². The largest absolute Gasteiger partial charge is 0.508 e. The molecule has 6 nitrogen and oxygen atoms in total. The SMILES string of the molecule is CC1(C(=O)OCCSSC2C=CC=CN2)COC(=O)OC1. The number of carbonyl (C=O) groups excluding carboxylic acids is 2. The molecule has 0 bridgehead atoms. The monoisotopic (exact) mass is 331 g/mol. The van der Waals surface area contributed by atoms with E-state index in [9.17, 15) is 9.59 Å². The van der Waals surface area contributed by atoms with Gasteiger partial charge in [-0.1, -0.05) is 33.7 Å². The molecule has 0 spiro atoms. The average Bonchev–Trinajstić information content (AvgIpc) is 2.51. The summed E-state index contributed by atoms with van der Waals surface area (Å²) in [6.07, 6.45) is 7.12. The molecule has 1 atom stereocenters. The highest BCUT2D eigenvalue weighted by Gasteiger charge is 2.41. The summed E-state index contributed by atoms with van der Waals surface area (Å²) < 4.78 is 14.7. The first-order valence-electron chi connectivity index (χ1n) is 6.45. The molecule has 116 valence electrons. The molecule has 1 saturated heterocycles. The van der Waals surface area contributed by atoms with E-state index in [0.29, 0.717) is 12.4 Å². The lowest BCUT2D eigenvalue weighted by Crippen LogP contribution is -2.44. The normalized spacial score (nSPS) is 22.9. The van der Waals surface area contributed by atoms with E-state index < -0.39 is 17.5 Å². The van der Waals surface area contributed by atoms with Crippen LogP contribution in [0.2, 0.25) is 0 Å². The van der Waals surface area contributed by atoms with Crippen LogP contribution in [-0.4, -0.2) is 43.1 Å². The maximum Gasteiger partial charge on any atom is 0.508 e. The second-order valence-electron chi connectivity index (χ2n) is 4.77. The summed E-state index contributed by atoms with van der Waals surface area (Å²) in [7, 11) is 3.29.